The Bertz CT molecular complexity index is 597. The number of piperazine rings is 1. The molecule has 7 heteroatoms. The van der Waals surface area contributed by atoms with Crippen LogP contribution in [0.25, 0.3) is 0 Å². The molecule has 0 N–H and O–H groups in total. The third kappa shape index (κ3) is 4.55. The zero-order chi connectivity index (χ0) is 17.9. The lowest BCUT2D eigenvalue weighted by Gasteiger charge is -2.49. The molecule has 25 heavy (non-hydrogen) atoms. The summed E-state index contributed by atoms with van der Waals surface area (Å²) in [6.07, 6.45) is 2.60. The fourth-order valence-corrected chi connectivity index (χ4v) is 5.14. The topological polar surface area (TPSA) is 36.0 Å². The molecule has 0 saturated carbocycles. The van der Waals surface area contributed by atoms with Gasteiger partial charge in [-0.1, -0.05) is 11.6 Å². The Morgan fingerprint density at radius 1 is 1.28 bits per heavy atom. The summed E-state index contributed by atoms with van der Waals surface area (Å²) in [6, 6.07) is 4.10. The maximum atomic E-state index is 12.5. The Hall–Kier alpha value is -0.660. The van der Waals surface area contributed by atoms with Gasteiger partial charge in [-0.05, 0) is 32.0 Å². The maximum absolute atomic E-state index is 12.5. The summed E-state index contributed by atoms with van der Waals surface area (Å²) < 4.78 is 6.01. The average Bonchev–Trinajstić information content (AvgIpc) is 2.93. The zero-order valence-corrected chi connectivity index (χ0v) is 16.7. The normalized spacial score (nSPS) is 26.4. The van der Waals surface area contributed by atoms with Crippen LogP contribution in [0, 0.1) is 0 Å². The first-order valence-corrected chi connectivity index (χ1v) is 10.2. The molecule has 0 radical (unpaired) electrons. The molecular weight excluding hydrogens is 358 g/mol. The van der Waals surface area contributed by atoms with Crippen LogP contribution in [0.2, 0.25) is 4.34 Å². The van der Waals surface area contributed by atoms with Crippen LogP contribution in [-0.4, -0.2) is 79.6 Å². The van der Waals surface area contributed by atoms with Crippen molar-refractivity contribution < 1.29 is 9.53 Å². The number of halogens is 1. The van der Waals surface area contributed by atoms with Crippen molar-refractivity contribution in [3.05, 3.63) is 21.3 Å². The summed E-state index contributed by atoms with van der Waals surface area (Å²) in [5, 5.41) is 0. The van der Waals surface area contributed by atoms with Crippen molar-refractivity contribution in [1.82, 2.24) is 14.7 Å². The molecule has 2 saturated heterocycles. The Labute approximate surface area is 159 Å². The van der Waals surface area contributed by atoms with Gasteiger partial charge in [0, 0.05) is 63.2 Å². The van der Waals surface area contributed by atoms with Crippen molar-refractivity contribution in [3.63, 3.8) is 0 Å². The highest BCUT2D eigenvalue weighted by atomic mass is 35.5. The molecule has 140 valence electrons. The molecule has 2 fully saturated rings. The highest BCUT2D eigenvalue weighted by molar-refractivity contribution is 7.16. The molecule has 0 unspecified atom stereocenters. The summed E-state index contributed by atoms with van der Waals surface area (Å²) in [6.45, 7) is 6.22. The summed E-state index contributed by atoms with van der Waals surface area (Å²) >= 11 is 7.74. The minimum absolute atomic E-state index is 0.0940. The Balaban J connectivity index is 1.66. The van der Waals surface area contributed by atoms with Gasteiger partial charge in [0.2, 0.25) is 5.91 Å². The first-order chi connectivity index (χ1) is 12.0. The molecule has 1 aromatic heterocycles. The van der Waals surface area contributed by atoms with E-state index in [4.69, 9.17) is 16.3 Å². The minimum Gasteiger partial charge on any atom is -0.383 e. The van der Waals surface area contributed by atoms with E-state index in [0.29, 0.717) is 19.6 Å². The molecule has 0 aliphatic carbocycles. The van der Waals surface area contributed by atoms with Gasteiger partial charge in [-0.3, -0.25) is 14.6 Å². The van der Waals surface area contributed by atoms with E-state index in [1.807, 2.05) is 11.0 Å². The highest BCUT2D eigenvalue weighted by Gasteiger charge is 2.42. The molecule has 2 aliphatic rings. The molecular formula is C18H28ClN3O2S. The fourth-order valence-electron chi connectivity index (χ4n) is 4.00. The van der Waals surface area contributed by atoms with E-state index in [1.165, 1.54) is 4.88 Å². The average molecular weight is 386 g/mol. The van der Waals surface area contributed by atoms with Gasteiger partial charge in [-0.25, -0.2) is 0 Å². The van der Waals surface area contributed by atoms with Gasteiger partial charge in [0.05, 0.1) is 10.9 Å². The minimum atomic E-state index is 0.0940. The quantitative estimate of drug-likeness (QED) is 0.780. The zero-order valence-electron chi connectivity index (χ0n) is 15.2. The van der Waals surface area contributed by atoms with Crippen LogP contribution in [-0.2, 0) is 16.1 Å². The summed E-state index contributed by atoms with van der Waals surface area (Å²) in [5.41, 5.74) is 0.0940. The van der Waals surface area contributed by atoms with Crippen LogP contribution in [0.1, 0.15) is 24.1 Å². The number of methoxy groups -OCH3 is 1. The van der Waals surface area contributed by atoms with Gasteiger partial charge in [0.1, 0.15) is 0 Å². The van der Waals surface area contributed by atoms with Crippen LogP contribution >= 0.6 is 22.9 Å². The Morgan fingerprint density at radius 3 is 2.84 bits per heavy atom. The first kappa shape index (κ1) is 19.1. The number of rotatable bonds is 5. The van der Waals surface area contributed by atoms with E-state index in [9.17, 15) is 4.79 Å². The van der Waals surface area contributed by atoms with E-state index < -0.39 is 0 Å². The predicted molar refractivity (Wildman–Crippen MR) is 102 cm³/mol. The van der Waals surface area contributed by atoms with Gasteiger partial charge in [0.25, 0.3) is 0 Å². The third-order valence-electron chi connectivity index (χ3n) is 5.66. The number of carbonyl (C=O) groups excluding carboxylic acids is 1. The van der Waals surface area contributed by atoms with Crippen molar-refractivity contribution >= 4 is 28.8 Å². The van der Waals surface area contributed by atoms with Crippen molar-refractivity contribution in [2.24, 2.45) is 0 Å². The summed E-state index contributed by atoms with van der Waals surface area (Å²) in [4.78, 5) is 20.8. The van der Waals surface area contributed by atoms with Crippen molar-refractivity contribution in [3.8, 4) is 0 Å². The smallest absolute Gasteiger partial charge is 0.222 e. The molecule has 2 aliphatic heterocycles. The number of amides is 1. The lowest BCUT2D eigenvalue weighted by Crippen LogP contribution is -2.60. The molecule has 1 spiro atoms. The molecule has 0 aromatic carbocycles. The van der Waals surface area contributed by atoms with Gasteiger partial charge in [0.15, 0.2) is 0 Å². The van der Waals surface area contributed by atoms with Crippen molar-refractivity contribution in [1.29, 1.82) is 0 Å². The molecule has 1 amide bonds. The number of likely N-dealkylation sites (tertiary alicyclic amines) is 1. The Morgan fingerprint density at radius 2 is 2.12 bits per heavy atom. The lowest BCUT2D eigenvalue weighted by molar-refractivity contribution is -0.131. The van der Waals surface area contributed by atoms with Gasteiger partial charge >= 0.3 is 0 Å². The number of carbonyl (C=O) groups is 1. The SMILES string of the molecule is COCCN1CC[C@@]2(CCC1=O)CN(Cc1ccc(Cl)s1)CCN2C. The van der Waals surface area contributed by atoms with Crippen molar-refractivity contribution in [2.45, 2.75) is 31.3 Å². The van der Waals surface area contributed by atoms with E-state index in [2.05, 4.69) is 22.9 Å². The van der Waals surface area contributed by atoms with E-state index in [0.717, 1.165) is 49.9 Å². The number of thiophene rings is 1. The lowest BCUT2D eigenvalue weighted by atomic mass is 9.86. The molecule has 0 bridgehead atoms. The van der Waals surface area contributed by atoms with Crippen LogP contribution in [0.15, 0.2) is 12.1 Å². The second kappa shape index (κ2) is 8.35. The predicted octanol–water partition coefficient (Wildman–Crippen LogP) is 2.55. The van der Waals surface area contributed by atoms with E-state index in [-0.39, 0.29) is 11.4 Å². The standard InChI is InChI=1S/C18H28ClN3O2S/c1-20-9-10-21(13-15-3-4-16(19)25-15)14-18(20)6-5-17(23)22(8-7-18)11-12-24-2/h3-4H,5-14H2,1-2H3/t18-/m0/s1. The van der Waals surface area contributed by atoms with Crippen LogP contribution in [0.3, 0.4) is 0 Å². The number of nitrogens with zero attached hydrogens (tertiary/aromatic N) is 3. The second-order valence-corrected chi connectivity index (χ2v) is 8.99. The summed E-state index contributed by atoms with van der Waals surface area (Å²) in [5.74, 6) is 0.268. The second-order valence-electron chi connectivity index (χ2n) is 7.19. The number of likely N-dealkylation sites (N-methyl/N-ethyl adjacent to an activating group) is 1. The third-order valence-corrected chi connectivity index (χ3v) is 6.87. The number of hydrogen-bond donors (Lipinski definition) is 0. The largest absolute Gasteiger partial charge is 0.383 e. The maximum Gasteiger partial charge on any atom is 0.222 e. The van der Waals surface area contributed by atoms with Crippen molar-refractivity contribution in [2.75, 3.05) is 53.5 Å². The number of hydrogen-bond acceptors (Lipinski definition) is 5. The van der Waals surface area contributed by atoms with Gasteiger partial charge in [-0.2, -0.15) is 0 Å². The van der Waals surface area contributed by atoms with Gasteiger partial charge < -0.3 is 9.64 Å². The van der Waals surface area contributed by atoms with Crippen LogP contribution in [0.5, 0.6) is 0 Å². The molecule has 1 aromatic rings. The number of ether oxygens (including phenoxy) is 1. The molecule has 1 atom stereocenters. The highest BCUT2D eigenvalue weighted by Crippen LogP contribution is 2.33. The molecule has 5 nitrogen and oxygen atoms in total. The fraction of sp³-hybridized carbons (Fsp3) is 0.722. The summed E-state index contributed by atoms with van der Waals surface area (Å²) in [7, 11) is 3.90. The van der Waals surface area contributed by atoms with Crippen LogP contribution < -0.4 is 0 Å². The molecule has 3 heterocycles. The first-order valence-electron chi connectivity index (χ1n) is 8.97. The van der Waals surface area contributed by atoms with Gasteiger partial charge in [-0.15, -0.1) is 11.3 Å². The van der Waals surface area contributed by atoms with E-state index in [1.54, 1.807) is 18.4 Å². The van der Waals surface area contributed by atoms with Crippen LogP contribution in [0.4, 0.5) is 0 Å². The van der Waals surface area contributed by atoms with E-state index >= 15 is 0 Å². The molecule has 3 rings (SSSR count). The Kier molecular flexibility index (Phi) is 6.39. The monoisotopic (exact) mass is 385 g/mol.